The highest BCUT2D eigenvalue weighted by molar-refractivity contribution is 7.98. The number of thioether (sulfide) groups is 1. The van der Waals surface area contributed by atoms with E-state index in [4.69, 9.17) is 4.98 Å². The average molecular weight is 346 g/mol. The van der Waals surface area contributed by atoms with Crippen LogP contribution in [-0.4, -0.2) is 46.1 Å². The average Bonchev–Trinajstić information content (AvgIpc) is 3.16. The second-order valence-corrected chi connectivity index (χ2v) is 7.24. The van der Waals surface area contributed by atoms with Gasteiger partial charge in [-0.15, -0.1) is 11.3 Å². The summed E-state index contributed by atoms with van der Waals surface area (Å²) in [5, 5.41) is 8.44. The Hall–Kier alpha value is -1.64. The van der Waals surface area contributed by atoms with Crippen LogP contribution in [0.4, 0.5) is 5.82 Å². The molecule has 1 saturated heterocycles. The lowest BCUT2D eigenvalue weighted by molar-refractivity contribution is 0.583. The van der Waals surface area contributed by atoms with Gasteiger partial charge in [0.15, 0.2) is 5.16 Å². The third-order valence-electron chi connectivity index (χ3n) is 3.85. The quantitative estimate of drug-likeness (QED) is 0.707. The molecule has 4 rings (SSSR count). The predicted octanol–water partition coefficient (Wildman–Crippen LogP) is 2.42. The first-order valence-corrected chi connectivity index (χ1v) is 9.55. The number of fused-ring (bicyclic) bond motifs is 1. The summed E-state index contributed by atoms with van der Waals surface area (Å²) >= 11 is 3.31. The molecular formula is C15H18N6S2. The van der Waals surface area contributed by atoms with Crippen molar-refractivity contribution in [1.29, 1.82) is 0 Å². The van der Waals surface area contributed by atoms with Crippen LogP contribution in [0.25, 0.3) is 11.0 Å². The van der Waals surface area contributed by atoms with Gasteiger partial charge in [0.2, 0.25) is 0 Å². The highest BCUT2D eigenvalue weighted by atomic mass is 32.2. The molecule has 0 saturated carbocycles. The third kappa shape index (κ3) is 3.19. The van der Waals surface area contributed by atoms with Crippen molar-refractivity contribution < 1.29 is 0 Å². The normalized spacial score (nSPS) is 15.4. The molecule has 0 bridgehead atoms. The van der Waals surface area contributed by atoms with Crippen molar-refractivity contribution in [3.05, 3.63) is 28.3 Å². The number of anilines is 1. The summed E-state index contributed by atoms with van der Waals surface area (Å²) in [6, 6.07) is 0. The Bertz CT molecular complexity index is 777. The molecule has 1 aliphatic heterocycles. The first-order chi connectivity index (χ1) is 11.3. The molecule has 2 N–H and O–H groups in total. The monoisotopic (exact) mass is 346 g/mol. The molecule has 0 aromatic carbocycles. The molecule has 6 nitrogen and oxygen atoms in total. The van der Waals surface area contributed by atoms with Gasteiger partial charge in [-0.3, -0.25) is 0 Å². The standard InChI is InChI=1S/C15H18N6S2/c1-10-6-17-13(20-14(10)21-4-2-16-3-5-21)9-23-15-18-11-7-22-8-12(11)19-15/h6-8,16H,2-5,9H2,1H3,(H,18,19). The Kier molecular flexibility index (Phi) is 4.19. The smallest absolute Gasteiger partial charge is 0.166 e. The lowest BCUT2D eigenvalue weighted by Gasteiger charge is -2.29. The largest absolute Gasteiger partial charge is 0.354 e. The maximum absolute atomic E-state index is 4.78. The van der Waals surface area contributed by atoms with Crippen molar-refractivity contribution in [3.8, 4) is 0 Å². The lowest BCUT2D eigenvalue weighted by Crippen LogP contribution is -2.44. The number of hydrogen-bond donors (Lipinski definition) is 2. The fourth-order valence-electron chi connectivity index (χ4n) is 2.66. The molecule has 23 heavy (non-hydrogen) atoms. The first kappa shape index (κ1) is 14.9. The summed E-state index contributed by atoms with van der Waals surface area (Å²) in [4.78, 5) is 19.5. The van der Waals surface area contributed by atoms with Gasteiger partial charge in [0.05, 0.1) is 11.3 Å². The summed E-state index contributed by atoms with van der Waals surface area (Å²) in [6.07, 6.45) is 1.93. The number of rotatable bonds is 4. The third-order valence-corrected chi connectivity index (χ3v) is 5.45. The number of imidazole rings is 1. The van der Waals surface area contributed by atoms with Crippen LogP contribution in [0.15, 0.2) is 22.1 Å². The van der Waals surface area contributed by atoms with Crippen LogP contribution in [0.1, 0.15) is 11.4 Å². The Balaban J connectivity index is 1.48. The van der Waals surface area contributed by atoms with Crippen LogP contribution in [0, 0.1) is 6.92 Å². The zero-order valence-electron chi connectivity index (χ0n) is 12.9. The molecule has 0 spiro atoms. The molecule has 0 amide bonds. The van der Waals surface area contributed by atoms with E-state index in [1.165, 1.54) is 0 Å². The van der Waals surface area contributed by atoms with Crippen molar-refractivity contribution in [2.24, 2.45) is 0 Å². The number of H-pyrrole nitrogens is 1. The van der Waals surface area contributed by atoms with Crippen LogP contribution in [0.2, 0.25) is 0 Å². The zero-order valence-corrected chi connectivity index (χ0v) is 14.5. The predicted molar refractivity (Wildman–Crippen MR) is 95.4 cm³/mol. The van der Waals surface area contributed by atoms with E-state index in [-0.39, 0.29) is 0 Å². The van der Waals surface area contributed by atoms with E-state index in [1.54, 1.807) is 23.1 Å². The minimum absolute atomic E-state index is 0.721. The molecule has 0 radical (unpaired) electrons. The van der Waals surface area contributed by atoms with E-state index >= 15 is 0 Å². The Labute approximate surface area is 142 Å². The van der Waals surface area contributed by atoms with Crippen LogP contribution in [0.3, 0.4) is 0 Å². The number of hydrogen-bond acceptors (Lipinski definition) is 7. The van der Waals surface area contributed by atoms with E-state index in [1.807, 2.05) is 6.20 Å². The van der Waals surface area contributed by atoms with Crippen molar-refractivity contribution >= 4 is 39.9 Å². The van der Waals surface area contributed by atoms with E-state index < -0.39 is 0 Å². The van der Waals surface area contributed by atoms with Crippen molar-refractivity contribution in [2.45, 2.75) is 17.8 Å². The van der Waals surface area contributed by atoms with Crippen LogP contribution in [0.5, 0.6) is 0 Å². The van der Waals surface area contributed by atoms with Crippen LogP contribution in [-0.2, 0) is 5.75 Å². The van der Waals surface area contributed by atoms with Gasteiger partial charge < -0.3 is 15.2 Å². The molecule has 1 fully saturated rings. The van der Waals surface area contributed by atoms with Gasteiger partial charge in [0, 0.05) is 48.7 Å². The first-order valence-electron chi connectivity index (χ1n) is 7.62. The molecule has 3 aromatic heterocycles. The molecular weight excluding hydrogens is 328 g/mol. The van der Waals surface area contributed by atoms with Crippen LogP contribution < -0.4 is 10.2 Å². The molecule has 1 aliphatic rings. The van der Waals surface area contributed by atoms with Gasteiger partial charge in [0.1, 0.15) is 17.2 Å². The number of piperazine rings is 1. The maximum Gasteiger partial charge on any atom is 0.166 e. The van der Waals surface area contributed by atoms with Crippen molar-refractivity contribution in [1.82, 2.24) is 25.3 Å². The zero-order chi connectivity index (χ0) is 15.6. The van der Waals surface area contributed by atoms with Gasteiger partial charge in [-0.2, -0.15) is 0 Å². The van der Waals surface area contributed by atoms with Gasteiger partial charge in [-0.25, -0.2) is 15.0 Å². The molecule has 0 unspecified atom stereocenters. The minimum Gasteiger partial charge on any atom is -0.354 e. The van der Waals surface area contributed by atoms with E-state index in [9.17, 15) is 0 Å². The van der Waals surface area contributed by atoms with Crippen LogP contribution >= 0.6 is 23.1 Å². The summed E-state index contributed by atoms with van der Waals surface area (Å²) in [6.45, 7) is 6.10. The Morgan fingerprint density at radius 1 is 1.26 bits per heavy atom. The van der Waals surface area contributed by atoms with Gasteiger partial charge in [-0.1, -0.05) is 11.8 Å². The van der Waals surface area contributed by atoms with E-state index in [0.29, 0.717) is 0 Å². The second kappa shape index (κ2) is 6.46. The molecule has 0 aliphatic carbocycles. The summed E-state index contributed by atoms with van der Waals surface area (Å²) in [5.74, 6) is 2.64. The molecule has 8 heteroatoms. The summed E-state index contributed by atoms with van der Waals surface area (Å²) in [7, 11) is 0. The maximum atomic E-state index is 4.78. The summed E-state index contributed by atoms with van der Waals surface area (Å²) < 4.78 is 0. The number of thiophene rings is 1. The highest BCUT2D eigenvalue weighted by Crippen LogP contribution is 2.25. The van der Waals surface area contributed by atoms with E-state index in [0.717, 1.165) is 65.3 Å². The molecule has 0 atom stereocenters. The molecule has 120 valence electrons. The van der Waals surface area contributed by atoms with E-state index in [2.05, 4.69) is 42.9 Å². The fraction of sp³-hybridized carbons (Fsp3) is 0.400. The fourth-order valence-corrected chi connectivity index (χ4v) is 4.10. The van der Waals surface area contributed by atoms with Gasteiger partial charge >= 0.3 is 0 Å². The number of aromatic nitrogens is 4. The Morgan fingerprint density at radius 2 is 2.13 bits per heavy atom. The number of aromatic amines is 1. The Morgan fingerprint density at radius 3 is 2.96 bits per heavy atom. The topological polar surface area (TPSA) is 69.7 Å². The van der Waals surface area contributed by atoms with Gasteiger partial charge in [-0.05, 0) is 6.92 Å². The van der Waals surface area contributed by atoms with Crippen molar-refractivity contribution in [2.75, 3.05) is 31.1 Å². The SMILES string of the molecule is Cc1cnc(CSc2nc3cscc3[nH]2)nc1N1CCNCC1. The van der Waals surface area contributed by atoms with Gasteiger partial charge in [0.25, 0.3) is 0 Å². The van der Waals surface area contributed by atoms with Crippen molar-refractivity contribution in [3.63, 3.8) is 0 Å². The minimum atomic E-state index is 0.721. The number of nitrogens with zero attached hydrogens (tertiary/aromatic N) is 4. The second-order valence-electron chi connectivity index (χ2n) is 5.53. The highest BCUT2D eigenvalue weighted by Gasteiger charge is 2.15. The molecule has 4 heterocycles. The number of aryl methyl sites for hydroxylation is 1. The number of nitrogens with one attached hydrogen (secondary N) is 2. The molecule has 3 aromatic rings. The summed E-state index contributed by atoms with van der Waals surface area (Å²) in [5.41, 5.74) is 3.27. The lowest BCUT2D eigenvalue weighted by atomic mass is 10.3.